The molecule has 0 spiro atoms. The molecule has 3 N–H and O–H groups in total. The SMILES string of the molecule is CCO[C@H]1CC[C@H](n2cc(NC(=O)c3csc(-c4cn[nH]c4)n3)c(-c3cccc4cc[nH]c34)n2)CC1. The summed E-state index contributed by atoms with van der Waals surface area (Å²) in [5.41, 5.74) is 4.58. The van der Waals surface area contributed by atoms with Crippen LogP contribution < -0.4 is 5.32 Å². The van der Waals surface area contributed by atoms with E-state index >= 15 is 0 Å². The largest absolute Gasteiger partial charge is 0.379 e. The second-order valence-corrected chi connectivity index (χ2v) is 9.84. The molecule has 0 saturated heterocycles. The predicted molar refractivity (Wildman–Crippen MR) is 140 cm³/mol. The molecule has 1 saturated carbocycles. The lowest BCUT2D eigenvalue weighted by molar-refractivity contribution is 0.0260. The zero-order valence-electron chi connectivity index (χ0n) is 19.9. The Morgan fingerprint density at radius 2 is 2.14 bits per heavy atom. The lowest BCUT2D eigenvalue weighted by Crippen LogP contribution is -2.24. The van der Waals surface area contributed by atoms with Crippen molar-refractivity contribution in [2.45, 2.75) is 44.8 Å². The van der Waals surface area contributed by atoms with Gasteiger partial charge in [-0.15, -0.1) is 11.3 Å². The maximum Gasteiger partial charge on any atom is 0.275 e. The Balaban J connectivity index is 1.32. The summed E-state index contributed by atoms with van der Waals surface area (Å²) in [7, 11) is 0. The highest BCUT2D eigenvalue weighted by atomic mass is 32.1. The number of benzene rings is 1. The van der Waals surface area contributed by atoms with Gasteiger partial charge in [-0.1, -0.05) is 18.2 Å². The number of fused-ring (bicyclic) bond motifs is 1. The Morgan fingerprint density at radius 3 is 2.94 bits per heavy atom. The number of thiazole rings is 1. The highest BCUT2D eigenvalue weighted by molar-refractivity contribution is 7.13. The van der Waals surface area contributed by atoms with Crippen molar-refractivity contribution in [2.24, 2.45) is 0 Å². The fraction of sp³-hybridized carbons (Fsp3) is 0.308. The molecule has 0 bridgehead atoms. The molecule has 4 aromatic heterocycles. The molecule has 0 unspecified atom stereocenters. The van der Waals surface area contributed by atoms with E-state index in [1.54, 1.807) is 17.8 Å². The molecule has 1 amide bonds. The van der Waals surface area contributed by atoms with E-state index in [2.05, 4.69) is 31.5 Å². The van der Waals surface area contributed by atoms with Crippen molar-refractivity contribution in [3.63, 3.8) is 0 Å². The van der Waals surface area contributed by atoms with Gasteiger partial charge in [-0.25, -0.2) is 4.98 Å². The van der Waals surface area contributed by atoms with Crippen LogP contribution in [0.1, 0.15) is 49.1 Å². The third-order valence-corrected chi connectivity index (χ3v) is 7.62. The van der Waals surface area contributed by atoms with E-state index in [9.17, 15) is 4.79 Å². The molecule has 1 aliphatic carbocycles. The monoisotopic (exact) mass is 501 g/mol. The van der Waals surface area contributed by atoms with Crippen LogP contribution in [0.3, 0.4) is 0 Å². The Morgan fingerprint density at radius 1 is 1.25 bits per heavy atom. The fourth-order valence-electron chi connectivity index (χ4n) is 4.93. The van der Waals surface area contributed by atoms with E-state index in [4.69, 9.17) is 9.84 Å². The van der Waals surface area contributed by atoms with Crippen LogP contribution in [0.5, 0.6) is 0 Å². The number of carbonyl (C=O) groups is 1. The molecule has 184 valence electrons. The summed E-state index contributed by atoms with van der Waals surface area (Å²) in [6.45, 7) is 2.79. The number of nitrogens with zero attached hydrogens (tertiary/aromatic N) is 4. The van der Waals surface area contributed by atoms with Gasteiger partial charge in [-0.05, 0) is 38.7 Å². The van der Waals surface area contributed by atoms with Crippen molar-refractivity contribution >= 4 is 33.8 Å². The Kier molecular flexibility index (Phi) is 6.12. The van der Waals surface area contributed by atoms with Gasteiger partial charge in [0.25, 0.3) is 5.91 Å². The van der Waals surface area contributed by atoms with Crippen LogP contribution in [0.15, 0.2) is 54.4 Å². The van der Waals surface area contributed by atoms with Crippen LogP contribution in [0.4, 0.5) is 5.69 Å². The Labute approximate surface area is 211 Å². The summed E-state index contributed by atoms with van der Waals surface area (Å²) < 4.78 is 7.85. The number of ether oxygens (including phenoxy) is 1. The molecule has 1 fully saturated rings. The highest BCUT2D eigenvalue weighted by Crippen LogP contribution is 2.36. The van der Waals surface area contributed by atoms with Crippen molar-refractivity contribution in [2.75, 3.05) is 11.9 Å². The summed E-state index contributed by atoms with van der Waals surface area (Å²) in [6, 6.07) is 8.41. The first-order valence-electron chi connectivity index (χ1n) is 12.2. The van der Waals surface area contributed by atoms with Gasteiger partial charge in [0.05, 0.1) is 29.5 Å². The van der Waals surface area contributed by atoms with Crippen LogP contribution in [-0.2, 0) is 4.74 Å². The second kappa shape index (κ2) is 9.71. The van der Waals surface area contributed by atoms with Gasteiger partial charge >= 0.3 is 0 Å². The number of aromatic amines is 2. The number of rotatable bonds is 7. The predicted octanol–water partition coefficient (Wildman–Crippen LogP) is 5.65. The number of nitrogens with one attached hydrogen (secondary N) is 3. The first-order valence-corrected chi connectivity index (χ1v) is 13.1. The summed E-state index contributed by atoms with van der Waals surface area (Å²) in [5, 5.41) is 18.5. The van der Waals surface area contributed by atoms with Gasteiger partial charge in [0, 0.05) is 47.1 Å². The second-order valence-electron chi connectivity index (χ2n) is 8.98. The smallest absolute Gasteiger partial charge is 0.275 e. The molecule has 4 heterocycles. The van der Waals surface area contributed by atoms with Gasteiger partial charge in [0.2, 0.25) is 0 Å². The first kappa shape index (κ1) is 22.7. The molecule has 0 aliphatic heterocycles. The maximum absolute atomic E-state index is 13.2. The maximum atomic E-state index is 13.2. The van der Waals surface area contributed by atoms with Crippen LogP contribution in [0.2, 0.25) is 0 Å². The Bertz CT molecular complexity index is 1480. The molecule has 6 rings (SSSR count). The number of hydrogen-bond donors (Lipinski definition) is 3. The average molecular weight is 502 g/mol. The molecule has 10 heteroatoms. The molecule has 5 aromatic rings. The lowest BCUT2D eigenvalue weighted by Gasteiger charge is -2.28. The molecule has 1 aromatic carbocycles. The molecular weight excluding hydrogens is 474 g/mol. The van der Waals surface area contributed by atoms with Crippen molar-refractivity contribution in [1.82, 2.24) is 29.9 Å². The standard InChI is InChI=1S/C26H27N7O2S/c1-2-35-19-8-6-18(7-9-19)33-14-21(24(32-33)20-5-3-4-16-10-11-27-23(16)20)30-25(34)22-15-36-26(31-22)17-12-28-29-13-17/h3-5,10-15,18-19,27H,2,6-9H2,1H3,(H,28,29)(H,30,34)/t18-,19-. The number of hydrogen-bond acceptors (Lipinski definition) is 6. The normalized spacial score (nSPS) is 18.0. The number of para-hydroxylation sites is 1. The minimum Gasteiger partial charge on any atom is -0.379 e. The van der Waals surface area contributed by atoms with E-state index < -0.39 is 0 Å². The summed E-state index contributed by atoms with van der Waals surface area (Å²) in [5.74, 6) is -0.263. The van der Waals surface area contributed by atoms with E-state index in [0.29, 0.717) is 17.5 Å². The van der Waals surface area contributed by atoms with Crippen molar-refractivity contribution in [3.8, 4) is 21.8 Å². The molecule has 0 radical (unpaired) electrons. The van der Waals surface area contributed by atoms with Gasteiger partial charge in [-0.3, -0.25) is 14.6 Å². The number of aromatic nitrogens is 6. The minimum atomic E-state index is -0.263. The van der Waals surface area contributed by atoms with Gasteiger partial charge in [0.1, 0.15) is 16.4 Å². The summed E-state index contributed by atoms with van der Waals surface area (Å²) in [6.07, 6.45) is 11.7. The van der Waals surface area contributed by atoms with Crippen LogP contribution >= 0.6 is 11.3 Å². The van der Waals surface area contributed by atoms with E-state index in [0.717, 1.165) is 65.0 Å². The van der Waals surface area contributed by atoms with E-state index in [1.807, 2.05) is 42.2 Å². The van der Waals surface area contributed by atoms with Crippen molar-refractivity contribution < 1.29 is 9.53 Å². The summed E-state index contributed by atoms with van der Waals surface area (Å²) >= 11 is 1.41. The van der Waals surface area contributed by atoms with Crippen LogP contribution in [0, 0.1) is 0 Å². The molecular formula is C26H27N7O2S. The summed E-state index contributed by atoms with van der Waals surface area (Å²) in [4.78, 5) is 21.1. The van der Waals surface area contributed by atoms with E-state index in [-0.39, 0.29) is 11.9 Å². The number of amides is 1. The quantitative estimate of drug-likeness (QED) is 0.267. The number of carbonyl (C=O) groups excluding carboxylic acids is 1. The third kappa shape index (κ3) is 4.33. The zero-order chi connectivity index (χ0) is 24.5. The number of H-pyrrole nitrogens is 2. The molecule has 36 heavy (non-hydrogen) atoms. The zero-order valence-corrected chi connectivity index (χ0v) is 20.7. The van der Waals surface area contributed by atoms with Gasteiger partial charge in [0.15, 0.2) is 0 Å². The molecule has 1 aliphatic rings. The average Bonchev–Trinajstić information content (AvgIpc) is 3.70. The van der Waals surface area contributed by atoms with E-state index in [1.165, 1.54) is 11.3 Å². The van der Waals surface area contributed by atoms with Crippen LogP contribution in [0.25, 0.3) is 32.7 Å². The fourth-order valence-corrected chi connectivity index (χ4v) is 5.71. The van der Waals surface area contributed by atoms with Crippen molar-refractivity contribution in [1.29, 1.82) is 0 Å². The van der Waals surface area contributed by atoms with Gasteiger partial charge in [-0.2, -0.15) is 10.2 Å². The topological polar surface area (TPSA) is 114 Å². The lowest BCUT2D eigenvalue weighted by atomic mass is 9.93. The molecule has 0 atom stereocenters. The minimum absolute atomic E-state index is 0.263. The van der Waals surface area contributed by atoms with Crippen molar-refractivity contribution in [3.05, 3.63) is 60.1 Å². The van der Waals surface area contributed by atoms with Crippen LogP contribution in [-0.4, -0.2) is 48.6 Å². The Hall–Kier alpha value is -3.76. The molecule has 9 nitrogen and oxygen atoms in total. The first-order chi connectivity index (χ1) is 17.7. The van der Waals surface area contributed by atoms with Gasteiger partial charge < -0.3 is 15.0 Å². The highest BCUT2D eigenvalue weighted by Gasteiger charge is 2.26. The number of anilines is 1. The third-order valence-electron chi connectivity index (χ3n) is 6.72.